The molecule has 104 valence electrons. The first-order valence-electron chi connectivity index (χ1n) is 7.30. The van der Waals surface area contributed by atoms with Crippen LogP contribution >= 0.6 is 0 Å². The van der Waals surface area contributed by atoms with Crippen LogP contribution in [0.1, 0.15) is 48.6 Å². The number of benzene rings is 2. The van der Waals surface area contributed by atoms with Crippen molar-refractivity contribution in [2.75, 3.05) is 0 Å². The average molecular weight is 268 g/mol. The molecule has 1 fully saturated rings. The Balaban J connectivity index is 1.64. The minimum atomic E-state index is 0.339. The van der Waals surface area contributed by atoms with Crippen LogP contribution in [0.15, 0.2) is 48.5 Å². The molecular formula is C18H20O2. The Morgan fingerprint density at radius 1 is 0.550 bits per heavy atom. The molecule has 20 heavy (non-hydrogen) atoms. The fourth-order valence-electron chi connectivity index (χ4n) is 3.25. The van der Waals surface area contributed by atoms with Crippen LogP contribution in [0.5, 0.6) is 11.5 Å². The van der Waals surface area contributed by atoms with Crippen LogP contribution in [-0.4, -0.2) is 10.2 Å². The number of phenolic OH excluding ortho intramolecular Hbond substituents is 2. The Kier molecular flexibility index (Phi) is 3.64. The van der Waals surface area contributed by atoms with Gasteiger partial charge in [0.1, 0.15) is 11.5 Å². The molecule has 3 rings (SSSR count). The molecular weight excluding hydrogens is 248 g/mol. The van der Waals surface area contributed by atoms with E-state index in [9.17, 15) is 10.2 Å². The quantitative estimate of drug-likeness (QED) is 0.839. The number of hydrogen-bond donors (Lipinski definition) is 2. The second kappa shape index (κ2) is 5.58. The van der Waals surface area contributed by atoms with Crippen molar-refractivity contribution in [3.63, 3.8) is 0 Å². The largest absolute Gasteiger partial charge is 0.508 e. The summed E-state index contributed by atoms with van der Waals surface area (Å²) in [5.74, 6) is 1.91. The van der Waals surface area contributed by atoms with Gasteiger partial charge in [-0.05, 0) is 72.9 Å². The van der Waals surface area contributed by atoms with Crippen molar-refractivity contribution >= 4 is 0 Å². The van der Waals surface area contributed by atoms with Gasteiger partial charge in [0.05, 0.1) is 0 Å². The van der Waals surface area contributed by atoms with Crippen LogP contribution in [0.4, 0.5) is 0 Å². The van der Waals surface area contributed by atoms with Crippen molar-refractivity contribution in [3.05, 3.63) is 59.7 Å². The molecule has 0 aromatic heterocycles. The molecule has 0 spiro atoms. The van der Waals surface area contributed by atoms with Gasteiger partial charge in [-0.25, -0.2) is 0 Å². The summed E-state index contributed by atoms with van der Waals surface area (Å²) in [6, 6.07) is 15.3. The van der Waals surface area contributed by atoms with Crippen molar-refractivity contribution in [2.45, 2.75) is 37.5 Å². The van der Waals surface area contributed by atoms with E-state index in [1.165, 1.54) is 36.8 Å². The highest BCUT2D eigenvalue weighted by atomic mass is 16.3. The number of hydrogen-bond acceptors (Lipinski definition) is 2. The van der Waals surface area contributed by atoms with Crippen molar-refractivity contribution in [3.8, 4) is 11.5 Å². The van der Waals surface area contributed by atoms with E-state index in [1.54, 1.807) is 24.3 Å². The summed E-state index contributed by atoms with van der Waals surface area (Å²) < 4.78 is 0. The number of phenols is 2. The molecule has 0 amide bonds. The van der Waals surface area contributed by atoms with Gasteiger partial charge in [-0.1, -0.05) is 24.3 Å². The molecule has 2 aromatic rings. The standard InChI is InChI=1S/C18H20O2/c19-17-9-5-15(6-10-17)13-1-2-14(4-3-13)16-7-11-18(20)12-8-16/h5-14,19-20H,1-4H2/t13-,14-. The smallest absolute Gasteiger partial charge is 0.115 e. The summed E-state index contributed by atoms with van der Waals surface area (Å²) in [6.45, 7) is 0. The first kappa shape index (κ1) is 13.0. The van der Waals surface area contributed by atoms with E-state index in [1.807, 2.05) is 24.3 Å². The lowest BCUT2D eigenvalue weighted by atomic mass is 9.76. The third-order valence-electron chi connectivity index (χ3n) is 4.46. The van der Waals surface area contributed by atoms with Crippen LogP contribution in [0.25, 0.3) is 0 Å². The molecule has 2 nitrogen and oxygen atoms in total. The van der Waals surface area contributed by atoms with E-state index in [4.69, 9.17) is 0 Å². The molecule has 0 heterocycles. The molecule has 0 aliphatic heterocycles. The Morgan fingerprint density at radius 2 is 0.850 bits per heavy atom. The van der Waals surface area contributed by atoms with E-state index < -0.39 is 0 Å². The van der Waals surface area contributed by atoms with Crippen molar-refractivity contribution in [1.82, 2.24) is 0 Å². The van der Waals surface area contributed by atoms with Gasteiger partial charge in [0.15, 0.2) is 0 Å². The maximum absolute atomic E-state index is 9.35. The van der Waals surface area contributed by atoms with Gasteiger partial charge < -0.3 is 10.2 Å². The molecule has 1 aliphatic carbocycles. The monoisotopic (exact) mass is 268 g/mol. The summed E-state index contributed by atoms with van der Waals surface area (Å²) >= 11 is 0. The molecule has 1 aliphatic rings. The average Bonchev–Trinajstić information content (AvgIpc) is 2.49. The predicted octanol–water partition coefficient (Wildman–Crippen LogP) is 4.54. The molecule has 1 saturated carbocycles. The molecule has 2 aromatic carbocycles. The first-order valence-corrected chi connectivity index (χ1v) is 7.30. The maximum atomic E-state index is 9.35. The van der Waals surface area contributed by atoms with E-state index in [0.717, 1.165) is 0 Å². The predicted molar refractivity (Wildman–Crippen MR) is 80.2 cm³/mol. The van der Waals surface area contributed by atoms with Gasteiger partial charge in [0.2, 0.25) is 0 Å². The van der Waals surface area contributed by atoms with Gasteiger partial charge in [-0.15, -0.1) is 0 Å². The van der Waals surface area contributed by atoms with Crippen LogP contribution < -0.4 is 0 Å². The molecule has 0 radical (unpaired) electrons. The Hall–Kier alpha value is -1.96. The van der Waals surface area contributed by atoms with Gasteiger partial charge in [-0.3, -0.25) is 0 Å². The summed E-state index contributed by atoms with van der Waals surface area (Å²) in [5, 5.41) is 18.7. The Morgan fingerprint density at radius 3 is 1.15 bits per heavy atom. The zero-order chi connectivity index (χ0) is 13.9. The van der Waals surface area contributed by atoms with Gasteiger partial charge in [-0.2, -0.15) is 0 Å². The van der Waals surface area contributed by atoms with Gasteiger partial charge >= 0.3 is 0 Å². The molecule has 0 saturated heterocycles. The van der Waals surface area contributed by atoms with Crippen LogP contribution in [0.2, 0.25) is 0 Å². The van der Waals surface area contributed by atoms with E-state index >= 15 is 0 Å². The lowest BCUT2D eigenvalue weighted by molar-refractivity contribution is 0.395. The van der Waals surface area contributed by atoms with Crippen LogP contribution in [-0.2, 0) is 0 Å². The highest BCUT2D eigenvalue weighted by Crippen LogP contribution is 2.40. The number of aromatic hydroxyl groups is 2. The second-order valence-electron chi connectivity index (χ2n) is 5.73. The fraction of sp³-hybridized carbons (Fsp3) is 0.333. The number of rotatable bonds is 2. The molecule has 0 atom stereocenters. The zero-order valence-electron chi connectivity index (χ0n) is 11.5. The lowest BCUT2D eigenvalue weighted by Gasteiger charge is -2.29. The maximum Gasteiger partial charge on any atom is 0.115 e. The van der Waals surface area contributed by atoms with E-state index in [2.05, 4.69) is 0 Å². The van der Waals surface area contributed by atoms with Crippen LogP contribution in [0, 0.1) is 0 Å². The summed E-state index contributed by atoms with van der Waals surface area (Å²) in [7, 11) is 0. The Bertz CT molecular complexity index is 495. The van der Waals surface area contributed by atoms with Gasteiger partial charge in [0.25, 0.3) is 0 Å². The van der Waals surface area contributed by atoms with E-state index in [0.29, 0.717) is 23.3 Å². The second-order valence-corrected chi connectivity index (χ2v) is 5.73. The minimum Gasteiger partial charge on any atom is -0.508 e. The third-order valence-corrected chi connectivity index (χ3v) is 4.46. The summed E-state index contributed by atoms with van der Waals surface area (Å²) in [5.41, 5.74) is 2.68. The zero-order valence-corrected chi connectivity index (χ0v) is 11.5. The van der Waals surface area contributed by atoms with E-state index in [-0.39, 0.29) is 0 Å². The van der Waals surface area contributed by atoms with Crippen molar-refractivity contribution < 1.29 is 10.2 Å². The molecule has 0 bridgehead atoms. The van der Waals surface area contributed by atoms with Crippen molar-refractivity contribution in [1.29, 1.82) is 0 Å². The normalized spacial score (nSPS) is 22.6. The SMILES string of the molecule is Oc1ccc([C@H]2CC[C@H](c3ccc(O)cc3)CC2)cc1. The summed E-state index contributed by atoms with van der Waals surface area (Å²) in [6.07, 6.45) is 4.76. The highest BCUT2D eigenvalue weighted by Gasteiger charge is 2.23. The van der Waals surface area contributed by atoms with Gasteiger partial charge in [0, 0.05) is 0 Å². The molecule has 2 N–H and O–H groups in total. The lowest BCUT2D eigenvalue weighted by Crippen LogP contribution is -2.12. The summed E-state index contributed by atoms with van der Waals surface area (Å²) in [4.78, 5) is 0. The third kappa shape index (κ3) is 2.79. The highest BCUT2D eigenvalue weighted by molar-refractivity contribution is 5.31. The minimum absolute atomic E-state index is 0.339. The topological polar surface area (TPSA) is 40.5 Å². The Labute approximate surface area is 119 Å². The molecule has 2 heteroatoms. The van der Waals surface area contributed by atoms with Crippen molar-refractivity contribution in [2.24, 2.45) is 0 Å². The molecule has 0 unspecified atom stereocenters. The first-order chi connectivity index (χ1) is 9.72. The fourth-order valence-corrected chi connectivity index (χ4v) is 3.25. The van der Waals surface area contributed by atoms with Crippen LogP contribution in [0.3, 0.4) is 0 Å².